The number of nitrogens with zero attached hydrogens (tertiary/aromatic N) is 2. The summed E-state index contributed by atoms with van der Waals surface area (Å²) in [5.41, 5.74) is -1.61. The minimum Gasteiger partial charge on any atom is -0.507 e. The Balaban J connectivity index is 1.21. The van der Waals surface area contributed by atoms with Crippen molar-refractivity contribution in [1.29, 1.82) is 0 Å². The highest BCUT2D eigenvalue weighted by atomic mass is 35.5. The van der Waals surface area contributed by atoms with Crippen molar-refractivity contribution in [2.24, 2.45) is 0 Å². The van der Waals surface area contributed by atoms with Crippen LogP contribution in [0.3, 0.4) is 0 Å². The fourth-order valence-corrected chi connectivity index (χ4v) is 5.75. The van der Waals surface area contributed by atoms with Gasteiger partial charge in [0.05, 0.1) is 16.4 Å². The monoisotopic (exact) mass is 731 g/mol. The Morgan fingerprint density at radius 3 is 1.94 bits per heavy atom. The van der Waals surface area contributed by atoms with E-state index in [1.807, 2.05) is 0 Å². The first-order chi connectivity index (χ1) is 23.6. The van der Waals surface area contributed by atoms with E-state index in [2.05, 4.69) is 5.32 Å². The first-order valence-electron chi connectivity index (χ1n) is 14.4. The quantitative estimate of drug-likeness (QED) is 0.0760. The van der Waals surface area contributed by atoms with E-state index in [0.717, 1.165) is 9.80 Å². The van der Waals surface area contributed by atoms with Crippen molar-refractivity contribution in [2.75, 3.05) is 31.5 Å². The van der Waals surface area contributed by atoms with E-state index in [0.29, 0.717) is 0 Å². The second kappa shape index (κ2) is 13.1. The van der Waals surface area contributed by atoms with Crippen LogP contribution < -0.4 is 14.8 Å². The zero-order valence-corrected chi connectivity index (χ0v) is 25.6. The number of ether oxygens (including phenoxy) is 3. The van der Waals surface area contributed by atoms with E-state index < -0.39 is 88.9 Å². The summed E-state index contributed by atoms with van der Waals surface area (Å²) in [6.07, 6.45) is -9.65. The smallest absolute Gasteiger partial charge is 0.335 e. The van der Waals surface area contributed by atoms with Gasteiger partial charge in [-0.25, -0.2) is 26.7 Å². The van der Waals surface area contributed by atoms with Crippen molar-refractivity contribution in [1.82, 2.24) is 9.80 Å². The molecule has 3 aromatic rings. The molecular weight excluding hydrogens is 709 g/mol. The standard InChI is InChI=1S/C30H23ClF5N3O11/c31-9-7-11-14(8-13(9)49-30-24(43)22(41)23(42)26(50-30)29(46)47)48-25-10(37-11)1-2-12(40)15(25)27(44)38-3-5-39(6-4-38)28(45)16-17(32)19(34)21(36)20(35)18(16)33/h1-2,7-8,22-24,26,30,37,40-43H,3-6H2,(H,46,47)/t22-,23-,24+,26-,30+/m0/s1. The summed E-state index contributed by atoms with van der Waals surface area (Å²) in [6, 6.07) is 5.02. The Kier molecular flexibility index (Phi) is 9.12. The molecule has 20 heteroatoms. The topological polar surface area (TPSA) is 199 Å². The minimum absolute atomic E-state index is 0.0598. The van der Waals surface area contributed by atoms with Crippen LogP contribution in [0, 0.1) is 29.1 Å². The summed E-state index contributed by atoms with van der Waals surface area (Å²) >= 11 is 6.33. The van der Waals surface area contributed by atoms with Crippen LogP contribution in [-0.2, 0) is 9.53 Å². The van der Waals surface area contributed by atoms with Crippen LogP contribution in [0.4, 0.5) is 33.3 Å². The highest BCUT2D eigenvalue weighted by Crippen LogP contribution is 2.49. The van der Waals surface area contributed by atoms with Crippen LogP contribution in [-0.4, -0.2) is 110 Å². The van der Waals surface area contributed by atoms with Gasteiger partial charge in [0.15, 0.2) is 40.9 Å². The third kappa shape index (κ3) is 5.85. The average molecular weight is 732 g/mol. The van der Waals surface area contributed by atoms with Crippen molar-refractivity contribution in [2.45, 2.75) is 30.7 Å². The van der Waals surface area contributed by atoms with Crippen molar-refractivity contribution >= 4 is 40.8 Å². The molecule has 0 radical (unpaired) electrons. The van der Waals surface area contributed by atoms with Crippen LogP contribution >= 0.6 is 11.6 Å². The maximum absolute atomic E-state index is 14.2. The van der Waals surface area contributed by atoms with E-state index in [1.165, 1.54) is 24.3 Å². The number of phenolic OH excluding ortho intramolecular Hbond substituents is 1. The third-order valence-corrected chi connectivity index (χ3v) is 8.49. The first-order valence-corrected chi connectivity index (χ1v) is 14.8. The molecule has 2 saturated heterocycles. The van der Waals surface area contributed by atoms with Gasteiger partial charge in [-0.1, -0.05) is 11.6 Å². The van der Waals surface area contributed by atoms with Crippen LogP contribution in [0.1, 0.15) is 20.7 Å². The first kappa shape index (κ1) is 34.9. The molecule has 266 valence electrons. The molecule has 3 aliphatic heterocycles. The molecule has 6 N–H and O–H groups in total. The van der Waals surface area contributed by atoms with Gasteiger partial charge < -0.3 is 54.9 Å². The SMILES string of the molecule is O=C(O)[C@H]1O[C@@H](Oc2cc3c(cc2Cl)Nc2ccc(O)c(C(=O)N4CCN(C(=O)c5c(F)c(F)c(F)c(F)c5F)CC4)c2O3)[C@H](O)[C@@H](O)[C@@H]1O. The number of nitrogens with one attached hydrogen (secondary N) is 1. The molecule has 50 heavy (non-hydrogen) atoms. The number of hydrogen-bond acceptors (Lipinski definition) is 11. The van der Waals surface area contributed by atoms with E-state index in [9.17, 15) is 61.9 Å². The molecule has 6 rings (SSSR count). The molecule has 3 heterocycles. The molecule has 2 fully saturated rings. The average Bonchev–Trinajstić information content (AvgIpc) is 3.09. The minimum atomic E-state index is -2.42. The number of carboxylic acids is 1. The Morgan fingerprint density at radius 2 is 1.36 bits per heavy atom. The number of aliphatic carboxylic acids is 1. The number of aromatic hydroxyl groups is 1. The molecule has 2 amide bonds. The van der Waals surface area contributed by atoms with Gasteiger partial charge in [0, 0.05) is 32.2 Å². The zero-order chi connectivity index (χ0) is 36.3. The fraction of sp³-hybridized carbons (Fsp3) is 0.300. The molecule has 0 bridgehead atoms. The molecule has 3 aromatic carbocycles. The number of carbonyl (C=O) groups excluding carboxylic acids is 2. The summed E-state index contributed by atoms with van der Waals surface area (Å²) in [5.74, 6) is -16.6. The predicted molar refractivity (Wildman–Crippen MR) is 156 cm³/mol. The van der Waals surface area contributed by atoms with Gasteiger partial charge in [-0.3, -0.25) is 9.59 Å². The Bertz CT molecular complexity index is 1900. The number of piperazine rings is 1. The van der Waals surface area contributed by atoms with E-state index in [1.54, 1.807) is 0 Å². The van der Waals surface area contributed by atoms with Crippen LogP contribution in [0.2, 0.25) is 5.02 Å². The van der Waals surface area contributed by atoms with Gasteiger partial charge >= 0.3 is 5.97 Å². The second-order valence-electron chi connectivity index (χ2n) is 11.2. The predicted octanol–water partition coefficient (Wildman–Crippen LogP) is 2.46. The number of aliphatic hydroxyl groups excluding tert-OH is 3. The van der Waals surface area contributed by atoms with Gasteiger partial charge in [0.1, 0.15) is 40.9 Å². The maximum Gasteiger partial charge on any atom is 0.335 e. The number of aliphatic hydroxyl groups is 3. The van der Waals surface area contributed by atoms with Crippen LogP contribution in [0.5, 0.6) is 23.0 Å². The summed E-state index contributed by atoms with van der Waals surface area (Å²) in [6.45, 7) is -1.35. The van der Waals surface area contributed by atoms with E-state index >= 15 is 0 Å². The molecule has 14 nitrogen and oxygen atoms in total. The van der Waals surface area contributed by atoms with Crippen molar-refractivity contribution in [3.8, 4) is 23.0 Å². The third-order valence-electron chi connectivity index (χ3n) is 8.20. The molecular formula is C30H23ClF5N3O11. The van der Waals surface area contributed by atoms with Crippen LogP contribution in [0.25, 0.3) is 0 Å². The molecule has 3 aliphatic rings. The van der Waals surface area contributed by atoms with Gasteiger partial charge in [0.25, 0.3) is 11.8 Å². The number of benzene rings is 3. The van der Waals surface area contributed by atoms with Gasteiger partial charge in [-0.15, -0.1) is 0 Å². The number of hydrogen-bond donors (Lipinski definition) is 6. The van der Waals surface area contributed by atoms with E-state index in [-0.39, 0.29) is 65.4 Å². The van der Waals surface area contributed by atoms with Crippen molar-refractivity contribution in [3.05, 3.63) is 69.5 Å². The number of carboxylic acid groups (broad SMARTS) is 1. The Hall–Kier alpha value is -4.95. The van der Waals surface area contributed by atoms with E-state index in [4.69, 9.17) is 25.8 Å². The molecule has 0 aromatic heterocycles. The van der Waals surface area contributed by atoms with Gasteiger partial charge in [0.2, 0.25) is 12.1 Å². The Morgan fingerprint density at radius 1 is 0.800 bits per heavy atom. The normalized spacial score (nSPS) is 22.9. The summed E-state index contributed by atoms with van der Waals surface area (Å²) in [7, 11) is 0. The Labute approximate surface area is 281 Å². The summed E-state index contributed by atoms with van der Waals surface area (Å²) < 4.78 is 85.9. The lowest BCUT2D eigenvalue weighted by atomic mass is 9.99. The van der Waals surface area contributed by atoms with Gasteiger partial charge in [-0.05, 0) is 18.2 Å². The van der Waals surface area contributed by atoms with Crippen LogP contribution in [0.15, 0.2) is 24.3 Å². The van der Waals surface area contributed by atoms with Crippen molar-refractivity contribution in [3.63, 3.8) is 0 Å². The number of rotatable bonds is 5. The zero-order valence-electron chi connectivity index (χ0n) is 24.9. The number of amides is 2. The summed E-state index contributed by atoms with van der Waals surface area (Å²) in [5, 5.41) is 53.2. The second-order valence-corrected chi connectivity index (χ2v) is 11.6. The molecule has 5 atom stereocenters. The molecule has 0 unspecified atom stereocenters. The lowest BCUT2D eigenvalue weighted by Gasteiger charge is -2.38. The fourth-order valence-electron chi connectivity index (χ4n) is 5.54. The molecule has 0 spiro atoms. The number of fused-ring (bicyclic) bond motifs is 2. The largest absolute Gasteiger partial charge is 0.507 e. The highest BCUT2D eigenvalue weighted by molar-refractivity contribution is 6.32. The van der Waals surface area contributed by atoms with Crippen molar-refractivity contribution < 1.29 is 76.1 Å². The van der Waals surface area contributed by atoms with Gasteiger partial charge in [-0.2, -0.15) is 0 Å². The molecule has 0 aliphatic carbocycles. The molecule has 0 saturated carbocycles. The summed E-state index contributed by atoms with van der Waals surface area (Å²) in [4.78, 5) is 39.8. The lowest BCUT2D eigenvalue weighted by molar-refractivity contribution is -0.271. The lowest BCUT2D eigenvalue weighted by Crippen LogP contribution is -2.61. The number of anilines is 2. The number of carbonyl (C=O) groups is 3. The maximum atomic E-state index is 14.2. The number of halogens is 6. The number of phenols is 1. The highest BCUT2D eigenvalue weighted by Gasteiger charge is 2.48.